The first-order valence-electron chi connectivity index (χ1n) is 7.33. The summed E-state index contributed by atoms with van der Waals surface area (Å²) in [7, 11) is 0. The lowest BCUT2D eigenvalue weighted by atomic mass is 9.66. The lowest BCUT2D eigenvalue weighted by molar-refractivity contribution is 0.114. The zero-order valence-corrected chi connectivity index (χ0v) is 12.6. The number of hydrogen-bond donors (Lipinski definition) is 1. The molecule has 2 fully saturated rings. The van der Waals surface area contributed by atoms with Crippen LogP contribution < -0.4 is 5.32 Å². The molecule has 100 valence electrons. The van der Waals surface area contributed by atoms with E-state index in [1.807, 2.05) is 11.8 Å². The molecule has 1 nitrogen and oxygen atoms in total. The SMILES string of the molecule is CSCCC1CC(C)(C)CCC1CNC1CC1. The third-order valence-electron chi connectivity index (χ3n) is 4.61. The van der Waals surface area contributed by atoms with Crippen molar-refractivity contribution >= 4 is 11.8 Å². The highest BCUT2D eigenvalue weighted by molar-refractivity contribution is 7.98. The monoisotopic (exact) mass is 255 g/mol. The first-order valence-corrected chi connectivity index (χ1v) is 8.72. The van der Waals surface area contributed by atoms with E-state index in [2.05, 4.69) is 25.4 Å². The maximum absolute atomic E-state index is 3.75. The summed E-state index contributed by atoms with van der Waals surface area (Å²) in [4.78, 5) is 0. The van der Waals surface area contributed by atoms with Crippen LogP contribution in [0.4, 0.5) is 0 Å². The fraction of sp³-hybridized carbons (Fsp3) is 1.00. The van der Waals surface area contributed by atoms with Crippen LogP contribution in [-0.4, -0.2) is 24.6 Å². The predicted molar refractivity (Wildman–Crippen MR) is 78.6 cm³/mol. The van der Waals surface area contributed by atoms with Crippen molar-refractivity contribution in [1.29, 1.82) is 0 Å². The first-order chi connectivity index (χ1) is 8.11. The van der Waals surface area contributed by atoms with Crippen molar-refractivity contribution in [3.8, 4) is 0 Å². The summed E-state index contributed by atoms with van der Waals surface area (Å²) in [5, 5.41) is 3.75. The molecule has 0 amide bonds. The van der Waals surface area contributed by atoms with E-state index in [0.717, 1.165) is 17.9 Å². The molecule has 0 aliphatic heterocycles. The predicted octanol–water partition coefficient (Wildman–Crippen LogP) is 3.93. The molecule has 0 saturated heterocycles. The Bertz CT molecular complexity index is 233. The quantitative estimate of drug-likeness (QED) is 0.771. The van der Waals surface area contributed by atoms with E-state index in [-0.39, 0.29) is 0 Å². The van der Waals surface area contributed by atoms with Crippen LogP contribution in [0.15, 0.2) is 0 Å². The van der Waals surface area contributed by atoms with E-state index in [1.54, 1.807) is 0 Å². The minimum atomic E-state index is 0.596. The van der Waals surface area contributed by atoms with Crippen molar-refractivity contribution in [3.63, 3.8) is 0 Å². The summed E-state index contributed by atoms with van der Waals surface area (Å²) >= 11 is 2.01. The molecule has 1 N–H and O–H groups in total. The molecule has 0 aromatic heterocycles. The molecule has 2 aliphatic carbocycles. The number of rotatable bonds is 6. The van der Waals surface area contributed by atoms with Crippen LogP contribution in [0, 0.1) is 17.3 Å². The van der Waals surface area contributed by atoms with Crippen molar-refractivity contribution in [2.75, 3.05) is 18.6 Å². The summed E-state index contributed by atoms with van der Waals surface area (Å²) in [5.41, 5.74) is 0.596. The molecule has 2 aliphatic rings. The van der Waals surface area contributed by atoms with Gasteiger partial charge in [0.1, 0.15) is 0 Å². The molecule has 2 atom stereocenters. The Morgan fingerprint density at radius 2 is 1.94 bits per heavy atom. The van der Waals surface area contributed by atoms with Crippen molar-refractivity contribution in [2.45, 2.75) is 58.4 Å². The van der Waals surface area contributed by atoms with Crippen molar-refractivity contribution in [1.82, 2.24) is 5.32 Å². The molecule has 0 heterocycles. The van der Waals surface area contributed by atoms with Gasteiger partial charge in [0.15, 0.2) is 0 Å². The van der Waals surface area contributed by atoms with Gasteiger partial charge in [-0.25, -0.2) is 0 Å². The fourth-order valence-corrected chi connectivity index (χ4v) is 3.81. The minimum Gasteiger partial charge on any atom is -0.314 e. The summed E-state index contributed by atoms with van der Waals surface area (Å²) in [6.07, 6.45) is 10.9. The van der Waals surface area contributed by atoms with E-state index in [1.165, 1.54) is 50.8 Å². The lowest BCUT2D eigenvalue weighted by Gasteiger charge is -2.41. The second-order valence-corrected chi connectivity index (χ2v) is 7.88. The molecule has 2 heteroatoms. The average Bonchev–Trinajstić information content (AvgIpc) is 3.08. The Morgan fingerprint density at radius 1 is 1.18 bits per heavy atom. The van der Waals surface area contributed by atoms with Crippen LogP contribution in [-0.2, 0) is 0 Å². The summed E-state index contributed by atoms with van der Waals surface area (Å²) in [6, 6.07) is 0.881. The van der Waals surface area contributed by atoms with Crippen LogP contribution in [0.1, 0.15) is 52.4 Å². The molecular formula is C15H29NS. The molecule has 0 spiro atoms. The molecule has 0 aromatic rings. The Morgan fingerprint density at radius 3 is 2.59 bits per heavy atom. The van der Waals surface area contributed by atoms with Gasteiger partial charge in [0.2, 0.25) is 0 Å². The van der Waals surface area contributed by atoms with Gasteiger partial charge in [0.25, 0.3) is 0 Å². The van der Waals surface area contributed by atoms with Crippen LogP contribution >= 0.6 is 11.8 Å². The molecule has 17 heavy (non-hydrogen) atoms. The van der Waals surface area contributed by atoms with Crippen molar-refractivity contribution < 1.29 is 0 Å². The Balaban J connectivity index is 1.82. The zero-order valence-electron chi connectivity index (χ0n) is 11.8. The standard InChI is InChI=1S/C15H29NS/c1-15(2)8-6-13(11-16-14-4-5-14)12(10-15)7-9-17-3/h12-14,16H,4-11H2,1-3H3. The molecular weight excluding hydrogens is 226 g/mol. The Hall–Kier alpha value is 0.310. The molecule has 0 radical (unpaired) electrons. The van der Waals surface area contributed by atoms with Crippen LogP contribution in [0.5, 0.6) is 0 Å². The number of thioether (sulfide) groups is 1. The third kappa shape index (κ3) is 4.48. The molecule has 2 saturated carbocycles. The van der Waals surface area contributed by atoms with E-state index in [4.69, 9.17) is 0 Å². The highest BCUT2D eigenvalue weighted by Crippen LogP contribution is 2.43. The highest BCUT2D eigenvalue weighted by Gasteiger charge is 2.35. The molecule has 0 bridgehead atoms. The summed E-state index contributed by atoms with van der Waals surface area (Å²) < 4.78 is 0. The number of hydrogen-bond acceptors (Lipinski definition) is 2. The maximum atomic E-state index is 3.75. The average molecular weight is 255 g/mol. The highest BCUT2D eigenvalue weighted by atomic mass is 32.2. The minimum absolute atomic E-state index is 0.596. The maximum Gasteiger partial charge on any atom is 0.00683 e. The lowest BCUT2D eigenvalue weighted by Crippen LogP contribution is -2.36. The normalized spacial score (nSPS) is 32.6. The van der Waals surface area contributed by atoms with Gasteiger partial charge in [0.05, 0.1) is 0 Å². The Labute approximate surface area is 112 Å². The zero-order chi connectivity index (χ0) is 12.3. The fourth-order valence-electron chi connectivity index (χ4n) is 3.27. The second-order valence-electron chi connectivity index (χ2n) is 6.89. The summed E-state index contributed by atoms with van der Waals surface area (Å²) in [5.74, 6) is 3.27. The van der Waals surface area contributed by atoms with Gasteiger partial charge in [-0.15, -0.1) is 0 Å². The van der Waals surface area contributed by atoms with E-state index < -0.39 is 0 Å². The Kier molecular flexibility index (Phi) is 4.82. The smallest absolute Gasteiger partial charge is 0.00683 e. The van der Waals surface area contributed by atoms with E-state index in [9.17, 15) is 0 Å². The second kappa shape index (κ2) is 5.97. The van der Waals surface area contributed by atoms with Crippen LogP contribution in [0.3, 0.4) is 0 Å². The topological polar surface area (TPSA) is 12.0 Å². The van der Waals surface area contributed by atoms with E-state index >= 15 is 0 Å². The van der Waals surface area contributed by atoms with Gasteiger partial charge in [-0.1, -0.05) is 13.8 Å². The van der Waals surface area contributed by atoms with Crippen molar-refractivity contribution in [2.24, 2.45) is 17.3 Å². The third-order valence-corrected chi connectivity index (χ3v) is 5.26. The van der Waals surface area contributed by atoms with Gasteiger partial charge >= 0.3 is 0 Å². The van der Waals surface area contributed by atoms with Gasteiger partial charge < -0.3 is 5.32 Å². The largest absolute Gasteiger partial charge is 0.314 e. The van der Waals surface area contributed by atoms with Gasteiger partial charge in [0, 0.05) is 6.04 Å². The van der Waals surface area contributed by atoms with E-state index in [0.29, 0.717) is 5.41 Å². The van der Waals surface area contributed by atoms with Crippen molar-refractivity contribution in [3.05, 3.63) is 0 Å². The number of nitrogens with one attached hydrogen (secondary N) is 1. The molecule has 2 unspecified atom stereocenters. The van der Waals surface area contributed by atoms with Gasteiger partial charge in [-0.05, 0) is 74.3 Å². The first kappa shape index (κ1) is 13.7. The van der Waals surface area contributed by atoms with Crippen LogP contribution in [0.25, 0.3) is 0 Å². The van der Waals surface area contributed by atoms with Gasteiger partial charge in [-0.3, -0.25) is 0 Å². The molecule has 2 rings (SSSR count). The van der Waals surface area contributed by atoms with Crippen LogP contribution in [0.2, 0.25) is 0 Å². The van der Waals surface area contributed by atoms with Gasteiger partial charge in [-0.2, -0.15) is 11.8 Å². The summed E-state index contributed by atoms with van der Waals surface area (Å²) in [6.45, 7) is 6.22. The molecule has 0 aromatic carbocycles.